The number of amides is 1. The van der Waals surface area contributed by atoms with Crippen LogP contribution >= 0.6 is 0 Å². The van der Waals surface area contributed by atoms with Crippen LogP contribution in [0.1, 0.15) is 33.4 Å². The van der Waals surface area contributed by atoms with Crippen molar-refractivity contribution in [3.63, 3.8) is 0 Å². The summed E-state index contributed by atoms with van der Waals surface area (Å²) in [6.07, 6.45) is 6.82. The van der Waals surface area contributed by atoms with Gasteiger partial charge in [-0.25, -0.2) is 4.98 Å². The summed E-state index contributed by atoms with van der Waals surface area (Å²) in [5, 5.41) is 3.06. The molecule has 3 rings (SSSR count). The fraction of sp³-hybridized carbons (Fsp3) is 0.167. The summed E-state index contributed by atoms with van der Waals surface area (Å²) in [5.74, 6) is 0.636. The fourth-order valence-electron chi connectivity index (χ4n) is 2.43. The lowest BCUT2D eigenvalue weighted by molar-refractivity contribution is 0.0941. The number of carbonyl (C=O) groups excluding carboxylic acids is 1. The molecule has 1 atom stereocenters. The number of hydrogen-bond donors (Lipinski definition) is 1. The monoisotopic (exact) mass is 306 g/mol. The predicted molar refractivity (Wildman–Crippen MR) is 87.9 cm³/mol. The Morgan fingerprint density at radius 3 is 2.39 bits per heavy atom. The zero-order valence-corrected chi connectivity index (χ0v) is 13.1. The summed E-state index contributed by atoms with van der Waals surface area (Å²) >= 11 is 0. The molecule has 0 saturated carbocycles. The second kappa shape index (κ2) is 6.44. The van der Waals surface area contributed by atoms with Crippen LogP contribution in [0.5, 0.6) is 0 Å². The van der Waals surface area contributed by atoms with E-state index in [-0.39, 0.29) is 11.9 Å². The molecular formula is C18H18N4O. The highest BCUT2D eigenvalue weighted by Crippen LogP contribution is 2.21. The number of nitrogens with one attached hydrogen (secondary N) is 1. The number of pyridine rings is 1. The average molecular weight is 306 g/mol. The fourth-order valence-corrected chi connectivity index (χ4v) is 2.43. The zero-order valence-electron chi connectivity index (χ0n) is 13.1. The molecule has 1 unspecified atom stereocenters. The third kappa shape index (κ3) is 3.29. The molecule has 2 aromatic heterocycles. The van der Waals surface area contributed by atoms with Crippen LogP contribution in [0.4, 0.5) is 0 Å². The van der Waals surface area contributed by atoms with Crippen LogP contribution < -0.4 is 5.32 Å². The Hall–Kier alpha value is -2.95. The molecule has 23 heavy (non-hydrogen) atoms. The number of nitrogens with zero attached hydrogens (tertiary/aromatic N) is 3. The molecule has 0 fully saturated rings. The molecule has 0 radical (unpaired) electrons. The van der Waals surface area contributed by atoms with E-state index in [0.717, 1.165) is 11.4 Å². The van der Waals surface area contributed by atoms with Crippen molar-refractivity contribution in [1.82, 2.24) is 19.9 Å². The van der Waals surface area contributed by atoms with Gasteiger partial charge in [0.25, 0.3) is 5.91 Å². The molecule has 1 N–H and O–H groups in total. The molecular weight excluding hydrogens is 288 g/mol. The molecule has 0 aliphatic heterocycles. The number of imidazole rings is 1. The van der Waals surface area contributed by atoms with Crippen molar-refractivity contribution >= 4 is 5.91 Å². The van der Waals surface area contributed by atoms with E-state index in [1.165, 1.54) is 5.56 Å². The second-order valence-corrected chi connectivity index (χ2v) is 5.45. The van der Waals surface area contributed by atoms with E-state index in [1.807, 2.05) is 49.0 Å². The summed E-state index contributed by atoms with van der Waals surface area (Å²) in [5.41, 5.74) is 2.74. The van der Waals surface area contributed by atoms with E-state index in [9.17, 15) is 4.79 Å². The van der Waals surface area contributed by atoms with Gasteiger partial charge in [-0.1, -0.05) is 29.8 Å². The van der Waals surface area contributed by atoms with Gasteiger partial charge in [0.05, 0.1) is 0 Å². The maximum absolute atomic E-state index is 12.5. The topological polar surface area (TPSA) is 59.8 Å². The Morgan fingerprint density at radius 1 is 1.09 bits per heavy atom. The second-order valence-electron chi connectivity index (χ2n) is 5.45. The smallest absolute Gasteiger partial charge is 0.252 e. The number of aryl methyl sites for hydroxylation is 2. The Balaban J connectivity index is 1.94. The highest BCUT2D eigenvalue weighted by atomic mass is 16.1. The third-order valence-corrected chi connectivity index (χ3v) is 3.75. The summed E-state index contributed by atoms with van der Waals surface area (Å²) in [6, 6.07) is 11.2. The summed E-state index contributed by atoms with van der Waals surface area (Å²) < 4.78 is 1.91. The van der Waals surface area contributed by atoms with Crippen molar-refractivity contribution in [3.8, 4) is 0 Å². The molecule has 0 aliphatic rings. The Kier molecular flexibility index (Phi) is 4.19. The Morgan fingerprint density at radius 2 is 1.78 bits per heavy atom. The Bertz CT molecular complexity index is 793. The number of benzene rings is 1. The van der Waals surface area contributed by atoms with Crippen LogP contribution in [0, 0.1) is 6.92 Å². The molecule has 3 aromatic rings. The maximum atomic E-state index is 12.5. The van der Waals surface area contributed by atoms with Crippen LogP contribution in [0.3, 0.4) is 0 Å². The maximum Gasteiger partial charge on any atom is 0.252 e. The first-order chi connectivity index (χ1) is 11.1. The van der Waals surface area contributed by atoms with Crippen molar-refractivity contribution in [1.29, 1.82) is 0 Å². The van der Waals surface area contributed by atoms with Gasteiger partial charge in [-0.05, 0) is 24.6 Å². The minimum Gasteiger partial charge on any atom is -0.338 e. The first-order valence-corrected chi connectivity index (χ1v) is 7.40. The summed E-state index contributed by atoms with van der Waals surface area (Å²) in [7, 11) is 1.92. The quantitative estimate of drug-likeness (QED) is 0.806. The number of hydrogen-bond acceptors (Lipinski definition) is 3. The van der Waals surface area contributed by atoms with E-state index in [0.29, 0.717) is 5.56 Å². The molecule has 0 bridgehead atoms. The highest BCUT2D eigenvalue weighted by Gasteiger charge is 2.21. The molecule has 2 heterocycles. The van der Waals surface area contributed by atoms with Crippen molar-refractivity contribution in [2.45, 2.75) is 13.0 Å². The van der Waals surface area contributed by atoms with Gasteiger partial charge in [-0.3, -0.25) is 9.78 Å². The van der Waals surface area contributed by atoms with E-state index in [2.05, 4.69) is 15.3 Å². The van der Waals surface area contributed by atoms with Gasteiger partial charge in [0.15, 0.2) is 0 Å². The molecule has 0 spiro atoms. The van der Waals surface area contributed by atoms with E-state index in [4.69, 9.17) is 0 Å². The van der Waals surface area contributed by atoms with E-state index >= 15 is 0 Å². The predicted octanol–water partition coefficient (Wildman–Crippen LogP) is 2.64. The minimum atomic E-state index is -0.309. The Labute approximate surface area is 135 Å². The van der Waals surface area contributed by atoms with Crippen LogP contribution in [-0.2, 0) is 7.05 Å². The zero-order chi connectivity index (χ0) is 16.2. The lowest BCUT2D eigenvalue weighted by Gasteiger charge is -2.19. The lowest BCUT2D eigenvalue weighted by atomic mass is 10.0. The highest BCUT2D eigenvalue weighted by molar-refractivity contribution is 5.94. The van der Waals surface area contributed by atoms with Gasteiger partial charge < -0.3 is 9.88 Å². The molecule has 1 amide bonds. The normalized spacial score (nSPS) is 11.9. The van der Waals surface area contributed by atoms with Gasteiger partial charge in [0, 0.05) is 37.4 Å². The lowest BCUT2D eigenvalue weighted by Crippen LogP contribution is -2.31. The summed E-state index contributed by atoms with van der Waals surface area (Å²) in [4.78, 5) is 20.9. The SMILES string of the molecule is Cc1ccc(C(NC(=O)c2ccncc2)c2nccn2C)cc1. The number of rotatable bonds is 4. The largest absolute Gasteiger partial charge is 0.338 e. The van der Waals surface area contributed by atoms with Gasteiger partial charge in [-0.2, -0.15) is 0 Å². The van der Waals surface area contributed by atoms with Gasteiger partial charge in [0.1, 0.15) is 11.9 Å². The molecule has 0 aliphatic carbocycles. The van der Waals surface area contributed by atoms with Crippen molar-refractivity contribution < 1.29 is 4.79 Å². The first-order valence-electron chi connectivity index (χ1n) is 7.40. The van der Waals surface area contributed by atoms with Crippen molar-refractivity contribution in [2.24, 2.45) is 7.05 Å². The van der Waals surface area contributed by atoms with Crippen LogP contribution in [-0.4, -0.2) is 20.4 Å². The number of carbonyl (C=O) groups is 1. The minimum absolute atomic E-state index is 0.152. The van der Waals surface area contributed by atoms with Crippen LogP contribution in [0.25, 0.3) is 0 Å². The van der Waals surface area contributed by atoms with Crippen LogP contribution in [0.2, 0.25) is 0 Å². The summed E-state index contributed by atoms with van der Waals surface area (Å²) in [6.45, 7) is 2.04. The first kappa shape index (κ1) is 15.0. The standard InChI is InChI=1S/C18H18N4O/c1-13-3-5-14(6-4-13)16(17-20-11-12-22(17)2)21-18(23)15-7-9-19-10-8-15/h3-12,16H,1-2H3,(H,21,23). The molecule has 5 heteroatoms. The molecule has 0 saturated heterocycles. The van der Waals surface area contributed by atoms with Crippen molar-refractivity contribution in [2.75, 3.05) is 0 Å². The molecule has 1 aromatic carbocycles. The van der Waals surface area contributed by atoms with Gasteiger partial charge >= 0.3 is 0 Å². The van der Waals surface area contributed by atoms with Crippen molar-refractivity contribution in [3.05, 3.63) is 83.7 Å². The molecule has 5 nitrogen and oxygen atoms in total. The average Bonchev–Trinajstić information content (AvgIpc) is 3.00. The third-order valence-electron chi connectivity index (χ3n) is 3.75. The van der Waals surface area contributed by atoms with Gasteiger partial charge in [0.2, 0.25) is 0 Å². The van der Waals surface area contributed by atoms with E-state index in [1.54, 1.807) is 30.7 Å². The van der Waals surface area contributed by atoms with Crippen LogP contribution in [0.15, 0.2) is 61.2 Å². The van der Waals surface area contributed by atoms with E-state index < -0.39 is 0 Å². The van der Waals surface area contributed by atoms with Gasteiger partial charge in [-0.15, -0.1) is 0 Å². The number of aromatic nitrogens is 3. The molecule has 116 valence electrons.